The average Bonchev–Trinajstić information content (AvgIpc) is 2.40. The zero-order valence-electron chi connectivity index (χ0n) is 13.3. The van der Waals surface area contributed by atoms with E-state index in [1.807, 2.05) is 26.8 Å². The first-order valence-corrected chi connectivity index (χ1v) is 7.89. The van der Waals surface area contributed by atoms with E-state index >= 15 is 0 Å². The van der Waals surface area contributed by atoms with Gasteiger partial charge in [-0.1, -0.05) is 36.8 Å². The fourth-order valence-electron chi connectivity index (χ4n) is 3.24. The first-order valence-electron chi connectivity index (χ1n) is 7.89. The van der Waals surface area contributed by atoms with Gasteiger partial charge in [0.15, 0.2) is 0 Å². The summed E-state index contributed by atoms with van der Waals surface area (Å²) in [6, 6.07) is 10.4. The number of carbonyl (C=O) groups is 1. The zero-order chi connectivity index (χ0) is 15.5. The van der Waals surface area contributed by atoms with Gasteiger partial charge in [-0.3, -0.25) is 4.79 Å². The lowest BCUT2D eigenvalue weighted by atomic mass is 9.73. The summed E-state index contributed by atoms with van der Waals surface area (Å²) in [5.41, 5.74) is 7.33. The first kappa shape index (κ1) is 16.0. The molecule has 0 unspecified atom stereocenters. The van der Waals surface area contributed by atoms with Crippen LogP contribution in [-0.4, -0.2) is 17.6 Å². The Hall–Kier alpha value is -1.35. The van der Waals surface area contributed by atoms with Gasteiger partial charge in [0, 0.05) is 12.5 Å². The first-order chi connectivity index (χ1) is 9.87. The molecule has 1 aliphatic carbocycles. The molecule has 3 nitrogen and oxygen atoms in total. The van der Waals surface area contributed by atoms with Gasteiger partial charge < -0.3 is 10.5 Å². The van der Waals surface area contributed by atoms with E-state index in [0.29, 0.717) is 12.3 Å². The maximum Gasteiger partial charge on any atom is 0.306 e. The number of nitrogens with two attached hydrogens (primary N) is 1. The summed E-state index contributed by atoms with van der Waals surface area (Å²) in [6.45, 7) is 5.70. The van der Waals surface area contributed by atoms with Gasteiger partial charge in [0.25, 0.3) is 0 Å². The van der Waals surface area contributed by atoms with Gasteiger partial charge in [-0.15, -0.1) is 0 Å². The van der Waals surface area contributed by atoms with Crippen LogP contribution < -0.4 is 5.73 Å². The Morgan fingerprint density at radius 3 is 2.52 bits per heavy atom. The van der Waals surface area contributed by atoms with Crippen molar-refractivity contribution >= 4 is 5.97 Å². The smallest absolute Gasteiger partial charge is 0.306 e. The Bertz CT molecular complexity index is 464. The van der Waals surface area contributed by atoms with Crippen LogP contribution in [0.3, 0.4) is 0 Å². The van der Waals surface area contributed by atoms with Gasteiger partial charge in [0.1, 0.15) is 5.60 Å². The minimum absolute atomic E-state index is 0.0358. The van der Waals surface area contributed by atoms with Crippen LogP contribution in [0.25, 0.3) is 0 Å². The number of rotatable bonds is 3. The number of hydrogen-bond donors (Lipinski definition) is 1. The monoisotopic (exact) mass is 289 g/mol. The van der Waals surface area contributed by atoms with Crippen molar-refractivity contribution in [3.8, 4) is 0 Å². The summed E-state index contributed by atoms with van der Waals surface area (Å²) in [6.07, 6.45) is 3.68. The lowest BCUT2D eigenvalue weighted by Gasteiger charge is -2.36. The highest BCUT2D eigenvalue weighted by molar-refractivity contribution is 5.70. The van der Waals surface area contributed by atoms with E-state index in [4.69, 9.17) is 10.5 Å². The molecule has 0 radical (unpaired) electrons. The molecule has 2 rings (SSSR count). The van der Waals surface area contributed by atoms with E-state index in [1.54, 1.807) is 0 Å². The molecule has 116 valence electrons. The molecule has 2 N–H and O–H groups in total. The number of ether oxygens (including phenoxy) is 1. The third kappa shape index (κ3) is 4.57. The normalized spacial score (nSPS) is 26.4. The molecule has 3 atom stereocenters. The minimum Gasteiger partial charge on any atom is -0.460 e. The van der Waals surface area contributed by atoms with Crippen LogP contribution in [0.1, 0.15) is 57.9 Å². The Morgan fingerprint density at radius 1 is 1.24 bits per heavy atom. The van der Waals surface area contributed by atoms with Gasteiger partial charge in [0.2, 0.25) is 0 Å². The van der Waals surface area contributed by atoms with Crippen LogP contribution >= 0.6 is 0 Å². The minimum atomic E-state index is -0.422. The fourth-order valence-corrected chi connectivity index (χ4v) is 3.24. The SMILES string of the molecule is CC(C)(C)OC(=O)C[C@H]1CCC[C@@H](c2ccccc2)[C@@H]1N. The molecule has 1 saturated carbocycles. The molecule has 0 aromatic heterocycles. The third-order valence-electron chi connectivity index (χ3n) is 4.18. The van der Waals surface area contributed by atoms with Crippen LogP contribution in [-0.2, 0) is 9.53 Å². The molecule has 0 heterocycles. The molecule has 21 heavy (non-hydrogen) atoms. The summed E-state index contributed by atoms with van der Waals surface area (Å²) < 4.78 is 5.44. The highest BCUT2D eigenvalue weighted by atomic mass is 16.6. The summed E-state index contributed by atoms with van der Waals surface area (Å²) in [4.78, 5) is 12.0. The number of esters is 1. The van der Waals surface area contributed by atoms with Gasteiger partial charge in [-0.25, -0.2) is 0 Å². The fraction of sp³-hybridized carbons (Fsp3) is 0.611. The van der Waals surface area contributed by atoms with Crippen molar-refractivity contribution < 1.29 is 9.53 Å². The maximum absolute atomic E-state index is 12.0. The number of benzene rings is 1. The second kappa shape index (κ2) is 6.61. The molecule has 1 fully saturated rings. The van der Waals surface area contributed by atoms with Gasteiger partial charge >= 0.3 is 5.97 Å². The largest absolute Gasteiger partial charge is 0.460 e. The Labute approximate surface area is 127 Å². The molecule has 1 aromatic carbocycles. The van der Waals surface area contributed by atoms with Crippen molar-refractivity contribution in [3.63, 3.8) is 0 Å². The van der Waals surface area contributed by atoms with E-state index in [9.17, 15) is 4.79 Å². The third-order valence-corrected chi connectivity index (χ3v) is 4.18. The quantitative estimate of drug-likeness (QED) is 0.864. The summed E-state index contributed by atoms with van der Waals surface area (Å²) in [7, 11) is 0. The van der Waals surface area contributed by atoms with E-state index in [2.05, 4.69) is 24.3 Å². The van der Waals surface area contributed by atoms with Gasteiger partial charge in [-0.2, -0.15) is 0 Å². The second-order valence-corrected chi connectivity index (χ2v) is 7.08. The lowest BCUT2D eigenvalue weighted by molar-refractivity contribution is -0.156. The Balaban J connectivity index is 2.00. The predicted octanol–water partition coefficient (Wildman–Crippen LogP) is 3.63. The molecule has 0 amide bonds. The van der Waals surface area contributed by atoms with Crippen LogP contribution in [0.4, 0.5) is 0 Å². The van der Waals surface area contributed by atoms with E-state index in [0.717, 1.165) is 19.3 Å². The highest BCUT2D eigenvalue weighted by Gasteiger charge is 2.33. The molecule has 0 bridgehead atoms. The second-order valence-electron chi connectivity index (χ2n) is 7.08. The summed E-state index contributed by atoms with van der Waals surface area (Å²) >= 11 is 0. The molecular weight excluding hydrogens is 262 g/mol. The van der Waals surface area contributed by atoms with Crippen molar-refractivity contribution in [2.45, 2.75) is 64.0 Å². The van der Waals surface area contributed by atoms with Crippen LogP contribution in [0, 0.1) is 5.92 Å². The molecule has 1 aromatic rings. The molecule has 0 spiro atoms. The predicted molar refractivity (Wildman–Crippen MR) is 85.0 cm³/mol. The Morgan fingerprint density at radius 2 is 1.90 bits per heavy atom. The molecular formula is C18H27NO2. The number of carbonyl (C=O) groups excluding carboxylic acids is 1. The van der Waals surface area contributed by atoms with E-state index < -0.39 is 5.60 Å². The van der Waals surface area contributed by atoms with Crippen LogP contribution in [0.15, 0.2) is 30.3 Å². The highest BCUT2D eigenvalue weighted by Crippen LogP contribution is 2.37. The van der Waals surface area contributed by atoms with Gasteiger partial charge in [0.05, 0.1) is 0 Å². The molecule has 1 aliphatic rings. The zero-order valence-corrected chi connectivity index (χ0v) is 13.3. The maximum atomic E-state index is 12.0. The summed E-state index contributed by atoms with van der Waals surface area (Å²) in [5.74, 6) is 0.447. The summed E-state index contributed by atoms with van der Waals surface area (Å²) in [5, 5.41) is 0. The average molecular weight is 289 g/mol. The molecule has 0 aliphatic heterocycles. The van der Waals surface area contributed by atoms with Crippen LogP contribution in [0.2, 0.25) is 0 Å². The van der Waals surface area contributed by atoms with Crippen molar-refractivity contribution in [2.24, 2.45) is 11.7 Å². The molecule has 3 heteroatoms. The Kier molecular flexibility index (Phi) is 5.04. The topological polar surface area (TPSA) is 52.3 Å². The number of hydrogen-bond acceptors (Lipinski definition) is 3. The standard InChI is InChI=1S/C18H27NO2/c1-18(2,3)21-16(20)12-14-10-7-11-15(17(14)19)13-8-5-4-6-9-13/h4-6,8-9,14-15,17H,7,10-12,19H2,1-3H3/t14-,15+,17-/m1/s1. The van der Waals surface area contributed by atoms with Crippen molar-refractivity contribution in [1.29, 1.82) is 0 Å². The van der Waals surface area contributed by atoms with Gasteiger partial charge in [-0.05, 0) is 51.0 Å². The van der Waals surface area contributed by atoms with Crippen molar-refractivity contribution in [2.75, 3.05) is 0 Å². The lowest BCUT2D eigenvalue weighted by Crippen LogP contribution is -2.41. The van der Waals surface area contributed by atoms with E-state index in [-0.39, 0.29) is 17.9 Å². The van der Waals surface area contributed by atoms with E-state index in [1.165, 1.54) is 5.56 Å². The van der Waals surface area contributed by atoms with Crippen molar-refractivity contribution in [3.05, 3.63) is 35.9 Å². The van der Waals surface area contributed by atoms with Crippen molar-refractivity contribution in [1.82, 2.24) is 0 Å². The van der Waals surface area contributed by atoms with Crippen LogP contribution in [0.5, 0.6) is 0 Å². The molecule has 0 saturated heterocycles.